The quantitative estimate of drug-likeness (QED) is 0.466. The second kappa shape index (κ2) is 9.63. The van der Waals surface area contributed by atoms with Gasteiger partial charge in [0.1, 0.15) is 16.6 Å². The highest BCUT2D eigenvalue weighted by Crippen LogP contribution is 2.33. The fourth-order valence-electron chi connectivity index (χ4n) is 2.55. The lowest BCUT2D eigenvalue weighted by Gasteiger charge is -2.15. The molecule has 2 aromatic rings. The summed E-state index contributed by atoms with van der Waals surface area (Å²) in [6.45, 7) is 2.28. The van der Waals surface area contributed by atoms with Crippen LogP contribution in [0, 0.1) is 0 Å². The van der Waals surface area contributed by atoms with E-state index in [1.165, 1.54) is 4.90 Å². The summed E-state index contributed by atoms with van der Waals surface area (Å²) >= 11 is 18.5. The van der Waals surface area contributed by atoms with E-state index in [1.807, 2.05) is 31.2 Å². The SMILES string of the molecule is CCOc1ccc(/C=C2\SC(=S)N(CC(=O)Nc3cccc(Cl)c3Cl)C2=O)cc1. The maximum Gasteiger partial charge on any atom is 0.266 e. The molecule has 1 fully saturated rings. The van der Waals surface area contributed by atoms with Gasteiger partial charge < -0.3 is 10.1 Å². The second-order valence-corrected chi connectivity index (χ2v) is 8.38. The molecule has 5 nitrogen and oxygen atoms in total. The van der Waals surface area contributed by atoms with Crippen LogP contribution in [0.4, 0.5) is 5.69 Å². The first-order valence-corrected chi connectivity index (χ1v) is 10.6. The van der Waals surface area contributed by atoms with E-state index in [0.29, 0.717) is 26.5 Å². The molecule has 0 spiro atoms. The van der Waals surface area contributed by atoms with E-state index in [2.05, 4.69) is 5.32 Å². The van der Waals surface area contributed by atoms with Gasteiger partial charge in [-0.2, -0.15) is 0 Å². The van der Waals surface area contributed by atoms with Crippen molar-refractivity contribution < 1.29 is 14.3 Å². The lowest BCUT2D eigenvalue weighted by molar-refractivity contribution is -0.126. The number of halogens is 2. The predicted molar refractivity (Wildman–Crippen MR) is 123 cm³/mol. The van der Waals surface area contributed by atoms with Crippen molar-refractivity contribution in [3.05, 3.63) is 63.0 Å². The Morgan fingerprint density at radius 2 is 1.97 bits per heavy atom. The van der Waals surface area contributed by atoms with Crippen molar-refractivity contribution in [2.75, 3.05) is 18.5 Å². The Bertz CT molecular complexity index is 994. The number of nitrogens with one attached hydrogen (secondary N) is 1. The minimum Gasteiger partial charge on any atom is -0.494 e. The average molecular weight is 467 g/mol. The molecular weight excluding hydrogens is 451 g/mol. The van der Waals surface area contributed by atoms with Crippen molar-refractivity contribution in [3.63, 3.8) is 0 Å². The summed E-state index contributed by atoms with van der Waals surface area (Å²) in [5.74, 6) is 0.0163. The third-order valence-corrected chi connectivity index (χ3v) is 6.09. The molecule has 2 amide bonds. The Morgan fingerprint density at radius 3 is 2.66 bits per heavy atom. The molecule has 1 heterocycles. The van der Waals surface area contributed by atoms with Crippen molar-refractivity contribution in [2.24, 2.45) is 0 Å². The van der Waals surface area contributed by atoms with Gasteiger partial charge in [-0.05, 0) is 42.8 Å². The second-order valence-electron chi connectivity index (χ2n) is 5.92. The zero-order valence-corrected chi connectivity index (χ0v) is 18.4. The Morgan fingerprint density at radius 1 is 1.24 bits per heavy atom. The van der Waals surface area contributed by atoms with Crippen LogP contribution < -0.4 is 10.1 Å². The Hall–Kier alpha value is -2.06. The van der Waals surface area contributed by atoms with Crippen molar-refractivity contribution in [1.82, 2.24) is 4.90 Å². The molecule has 0 radical (unpaired) electrons. The number of amides is 2. The van der Waals surface area contributed by atoms with E-state index in [4.69, 9.17) is 40.2 Å². The molecule has 0 atom stereocenters. The highest BCUT2D eigenvalue weighted by Gasteiger charge is 2.33. The highest BCUT2D eigenvalue weighted by atomic mass is 35.5. The van der Waals surface area contributed by atoms with E-state index >= 15 is 0 Å². The molecule has 0 saturated carbocycles. The molecule has 1 aliphatic rings. The van der Waals surface area contributed by atoms with Gasteiger partial charge in [0.2, 0.25) is 5.91 Å². The molecule has 1 saturated heterocycles. The van der Waals surface area contributed by atoms with Gasteiger partial charge >= 0.3 is 0 Å². The summed E-state index contributed by atoms with van der Waals surface area (Å²) in [5, 5.41) is 3.22. The largest absolute Gasteiger partial charge is 0.494 e. The molecule has 3 rings (SSSR count). The molecule has 0 aliphatic carbocycles. The number of hydrogen-bond donors (Lipinski definition) is 1. The Balaban J connectivity index is 1.68. The first-order valence-electron chi connectivity index (χ1n) is 8.61. The summed E-state index contributed by atoms with van der Waals surface area (Å²) in [6.07, 6.45) is 1.74. The van der Waals surface area contributed by atoms with Crippen LogP contribution in [0.5, 0.6) is 5.75 Å². The standard InChI is InChI=1S/C20H16Cl2N2O3S2/c1-2-27-13-8-6-12(7-9-13)10-16-19(26)24(20(28)29-16)11-17(25)23-15-5-3-4-14(21)18(15)22/h3-10H,2,11H2,1H3,(H,23,25)/b16-10-. The molecule has 29 heavy (non-hydrogen) atoms. The Labute approximate surface area is 188 Å². The number of ether oxygens (including phenoxy) is 1. The number of anilines is 1. The maximum atomic E-state index is 12.7. The number of carbonyl (C=O) groups is 2. The maximum absolute atomic E-state index is 12.7. The van der Waals surface area contributed by atoms with E-state index < -0.39 is 5.91 Å². The number of carbonyl (C=O) groups excluding carboxylic acids is 2. The molecule has 2 aromatic carbocycles. The van der Waals surface area contributed by atoms with Crippen LogP contribution in [0.2, 0.25) is 10.0 Å². The van der Waals surface area contributed by atoms with Crippen molar-refractivity contribution in [3.8, 4) is 5.75 Å². The summed E-state index contributed by atoms with van der Waals surface area (Å²) in [6, 6.07) is 12.3. The normalized spacial score (nSPS) is 15.1. The van der Waals surface area contributed by atoms with Gasteiger partial charge in [-0.25, -0.2) is 0 Å². The summed E-state index contributed by atoms with van der Waals surface area (Å²) < 4.78 is 5.73. The molecule has 0 unspecified atom stereocenters. The van der Waals surface area contributed by atoms with Crippen LogP contribution in [-0.4, -0.2) is 34.2 Å². The minimum absolute atomic E-state index is 0.214. The fourth-order valence-corrected chi connectivity index (χ4v) is 4.15. The number of benzene rings is 2. The van der Waals surface area contributed by atoms with Gasteiger partial charge in [0, 0.05) is 0 Å². The first kappa shape index (κ1) is 21.6. The number of thiocarbonyl (C=S) groups is 1. The molecule has 150 valence electrons. The lowest BCUT2D eigenvalue weighted by atomic mass is 10.2. The van der Waals surface area contributed by atoms with Crippen LogP contribution in [0.1, 0.15) is 12.5 Å². The molecular formula is C20H16Cl2N2O3S2. The highest BCUT2D eigenvalue weighted by molar-refractivity contribution is 8.26. The molecule has 0 bridgehead atoms. The van der Waals surface area contributed by atoms with Crippen LogP contribution in [0.25, 0.3) is 6.08 Å². The average Bonchev–Trinajstić information content (AvgIpc) is 2.94. The molecule has 1 aliphatic heterocycles. The topological polar surface area (TPSA) is 58.6 Å². The van der Waals surface area contributed by atoms with E-state index in [-0.39, 0.29) is 17.5 Å². The molecule has 9 heteroatoms. The van der Waals surface area contributed by atoms with Gasteiger partial charge in [0.15, 0.2) is 0 Å². The third kappa shape index (κ3) is 5.30. The Kier molecular flexibility index (Phi) is 7.18. The summed E-state index contributed by atoms with van der Waals surface area (Å²) in [4.78, 5) is 26.8. The smallest absolute Gasteiger partial charge is 0.266 e. The molecule has 1 N–H and O–H groups in total. The zero-order chi connectivity index (χ0) is 21.0. The first-order chi connectivity index (χ1) is 13.9. The van der Waals surface area contributed by atoms with E-state index in [1.54, 1.807) is 24.3 Å². The van der Waals surface area contributed by atoms with Crippen LogP contribution in [-0.2, 0) is 9.59 Å². The van der Waals surface area contributed by atoms with Crippen molar-refractivity contribution in [1.29, 1.82) is 0 Å². The number of thioether (sulfide) groups is 1. The number of rotatable bonds is 6. The van der Waals surface area contributed by atoms with Crippen LogP contribution in [0.15, 0.2) is 47.4 Å². The number of hydrogen-bond acceptors (Lipinski definition) is 5. The van der Waals surface area contributed by atoms with Gasteiger partial charge in [-0.15, -0.1) is 0 Å². The summed E-state index contributed by atoms with van der Waals surface area (Å²) in [5.41, 5.74) is 1.21. The summed E-state index contributed by atoms with van der Waals surface area (Å²) in [7, 11) is 0. The fraction of sp³-hybridized carbons (Fsp3) is 0.150. The van der Waals surface area contributed by atoms with Gasteiger partial charge in [0.05, 0.1) is 27.2 Å². The van der Waals surface area contributed by atoms with Crippen molar-refractivity contribution >= 4 is 75.1 Å². The lowest BCUT2D eigenvalue weighted by Crippen LogP contribution is -2.36. The zero-order valence-electron chi connectivity index (χ0n) is 15.3. The van der Waals surface area contributed by atoms with Gasteiger partial charge in [0.25, 0.3) is 5.91 Å². The minimum atomic E-state index is -0.423. The predicted octanol–water partition coefficient (Wildman–Crippen LogP) is 5.23. The van der Waals surface area contributed by atoms with Crippen molar-refractivity contribution in [2.45, 2.75) is 6.92 Å². The van der Waals surface area contributed by atoms with Gasteiger partial charge in [-0.3, -0.25) is 14.5 Å². The molecule has 0 aromatic heterocycles. The van der Waals surface area contributed by atoms with Crippen LogP contribution in [0.3, 0.4) is 0 Å². The van der Waals surface area contributed by atoms with E-state index in [0.717, 1.165) is 23.1 Å². The van der Waals surface area contributed by atoms with Crippen LogP contribution >= 0.6 is 47.2 Å². The third-order valence-electron chi connectivity index (χ3n) is 3.89. The van der Waals surface area contributed by atoms with E-state index in [9.17, 15) is 9.59 Å². The number of nitrogens with zero attached hydrogens (tertiary/aromatic N) is 1. The van der Waals surface area contributed by atoms with Gasteiger partial charge in [-0.1, -0.05) is 65.4 Å². The monoisotopic (exact) mass is 466 g/mol.